The average Bonchev–Trinajstić information content (AvgIpc) is 3.27. The molecule has 1 atom stereocenters. The molecule has 1 aliphatic heterocycles. The van der Waals surface area contributed by atoms with Crippen molar-refractivity contribution in [2.24, 2.45) is 5.92 Å². The predicted molar refractivity (Wildman–Crippen MR) is 101 cm³/mol. The fourth-order valence-corrected chi connectivity index (χ4v) is 5.39. The van der Waals surface area contributed by atoms with E-state index in [1.165, 1.54) is 6.07 Å². The lowest BCUT2D eigenvalue weighted by atomic mass is 10.1. The lowest BCUT2D eigenvalue weighted by molar-refractivity contribution is 0.0955. The molecule has 0 aliphatic carbocycles. The number of hydrogen-bond donors (Lipinski definition) is 2. The molecule has 1 fully saturated rings. The number of amides is 1. The molecule has 2 aromatic rings. The molecule has 136 valence electrons. The molecule has 5 nitrogen and oxygen atoms in total. The minimum atomic E-state index is -3.55. The first kappa shape index (κ1) is 19.9. The van der Waals surface area contributed by atoms with Crippen molar-refractivity contribution in [1.82, 2.24) is 10.6 Å². The molecule has 0 saturated carbocycles. The zero-order valence-corrected chi connectivity index (χ0v) is 16.1. The Hall–Kier alpha value is -1.41. The minimum Gasteiger partial charge on any atom is -0.351 e. The number of carbonyl (C=O) groups is 1. The summed E-state index contributed by atoms with van der Waals surface area (Å²) >= 11 is 1.01. The Morgan fingerprint density at radius 1 is 1.20 bits per heavy atom. The van der Waals surface area contributed by atoms with Crippen LogP contribution in [0.5, 0.6) is 0 Å². The molecular weight excluding hydrogens is 380 g/mol. The molecular formula is C17H21ClN2O3S2. The Bertz CT molecular complexity index is 800. The van der Waals surface area contributed by atoms with Crippen LogP contribution in [-0.4, -0.2) is 34.0 Å². The number of nitrogens with one attached hydrogen (secondary N) is 2. The van der Waals surface area contributed by atoms with Crippen LogP contribution < -0.4 is 10.6 Å². The number of thiophene rings is 1. The second-order valence-electron chi connectivity index (χ2n) is 5.84. The monoisotopic (exact) mass is 400 g/mol. The number of carbonyl (C=O) groups excluding carboxylic acids is 1. The molecule has 3 rings (SSSR count). The fraction of sp³-hybridized carbons (Fsp3) is 0.353. The van der Waals surface area contributed by atoms with Gasteiger partial charge < -0.3 is 10.6 Å². The van der Waals surface area contributed by atoms with Crippen molar-refractivity contribution in [2.45, 2.75) is 21.9 Å². The predicted octanol–water partition coefficient (Wildman–Crippen LogP) is 2.73. The molecule has 0 bridgehead atoms. The summed E-state index contributed by atoms with van der Waals surface area (Å²) in [6, 6.07) is 11.3. The summed E-state index contributed by atoms with van der Waals surface area (Å²) in [5.41, 5.74) is 0. The van der Waals surface area contributed by atoms with Gasteiger partial charge in [-0.15, -0.1) is 23.7 Å². The zero-order chi connectivity index (χ0) is 17.0. The van der Waals surface area contributed by atoms with Gasteiger partial charge in [-0.25, -0.2) is 8.42 Å². The van der Waals surface area contributed by atoms with Gasteiger partial charge in [-0.3, -0.25) is 4.79 Å². The summed E-state index contributed by atoms with van der Waals surface area (Å²) in [5, 5.41) is 6.18. The van der Waals surface area contributed by atoms with Crippen LogP contribution in [0.15, 0.2) is 51.6 Å². The number of rotatable bonds is 6. The van der Waals surface area contributed by atoms with Crippen molar-refractivity contribution < 1.29 is 13.2 Å². The molecule has 2 heterocycles. The minimum absolute atomic E-state index is 0. The first-order chi connectivity index (χ1) is 11.6. The molecule has 0 spiro atoms. The van der Waals surface area contributed by atoms with Gasteiger partial charge in [0.1, 0.15) is 4.21 Å². The standard InChI is InChI=1S/C17H20N2O3S2.ClH/c20-17(19-11-9-13-8-10-18-12-13)15-6-7-16(23-15)24(21,22)14-4-2-1-3-5-14;/h1-7,13,18H,8-12H2,(H,19,20);1H. The van der Waals surface area contributed by atoms with Gasteiger partial charge in [0, 0.05) is 6.54 Å². The molecule has 1 unspecified atom stereocenters. The number of benzene rings is 1. The Morgan fingerprint density at radius 2 is 1.96 bits per heavy atom. The van der Waals surface area contributed by atoms with E-state index in [0.29, 0.717) is 17.3 Å². The van der Waals surface area contributed by atoms with Gasteiger partial charge >= 0.3 is 0 Å². The highest BCUT2D eigenvalue weighted by Gasteiger charge is 2.21. The van der Waals surface area contributed by atoms with Crippen molar-refractivity contribution in [3.05, 3.63) is 47.3 Å². The Morgan fingerprint density at radius 3 is 2.64 bits per heavy atom. The summed E-state index contributed by atoms with van der Waals surface area (Å²) < 4.78 is 25.3. The topological polar surface area (TPSA) is 75.3 Å². The van der Waals surface area contributed by atoms with Gasteiger partial charge in [0.15, 0.2) is 0 Å². The molecule has 2 N–H and O–H groups in total. The van der Waals surface area contributed by atoms with E-state index in [1.54, 1.807) is 36.4 Å². The molecule has 1 amide bonds. The van der Waals surface area contributed by atoms with E-state index < -0.39 is 9.84 Å². The van der Waals surface area contributed by atoms with E-state index >= 15 is 0 Å². The number of hydrogen-bond acceptors (Lipinski definition) is 5. The van der Waals surface area contributed by atoms with Crippen LogP contribution in [0, 0.1) is 5.92 Å². The van der Waals surface area contributed by atoms with Crippen LogP contribution in [0.1, 0.15) is 22.5 Å². The van der Waals surface area contributed by atoms with Gasteiger partial charge in [0.05, 0.1) is 9.77 Å². The second-order valence-corrected chi connectivity index (χ2v) is 9.10. The quantitative estimate of drug-likeness (QED) is 0.781. The summed E-state index contributed by atoms with van der Waals surface area (Å²) in [4.78, 5) is 12.9. The van der Waals surface area contributed by atoms with Crippen LogP contribution in [0.4, 0.5) is 0 Å². The van der Waals surface area contributed by atoms with E-state index in [9.17, 15) is 13.2 Å². The second kappa shape index (κ2) is 8.80. The Labute approximate surface area is 158 Å². The third-order valence-corrected chi connectivity index (χ3v) is 7.47. The van der Waals surface area contributed by atoms with E-state index in [-0.39, 0.29) is 27.4 Å². The molecule has 1 aromatic carbocycles. The normalized spacial score (nSPS) is 17.0. The van der Waals surface area contributed by atoms with Gasteiger partial charge in [-0.1, -0.05) is 18.2 Å². The van der Waals surface area contributed by atoms with Crippen LogP contribution in [0.2, 0.25) is 0 Å². The van der Waals surface area contributed by atoms with Gasteiger partial charge in [-0.05, 0) is 56.1 Å². The third-order valence-electron chi connectivity index (χ3n) is 4.12. The van der Waals surface area contributed by atoms with Crippen LogP contribution in [0.3, 0.4) is 0 Å². The Balaban J connectivity index is 0.00000225. The highest BCUT2D eigenvalue weighted by Crippen LogP contribution is 2.27. The summed E-state index contributed by atoms with van der Waals surface area (Å²) in [5.74, 6) is 0.406. The lowest BCUT2D eigenvalue weighted by Crippen LogP contribution is -2.25. The van der Waals surface area contributed by atoms with E-state index in [4.69, 9.17) is 0 Å². The smallest absolute Gasteiger partial charge is 0.261 e. The SMILES string of the molecule is Cl.O=C(NCCC1CCNC1)c1ccc(S(=O)(=O)c2ccccc2)s1. The molecule has 1 saturated heterocycles. The molecule has 25 heavy (non-hydrogen) atoms. The Kier molecular flexibility index (Phi) is 7.01. The largest absolute Gasteiger partial charge is 0.351 e. The van der Waals surface area contributed by atoms with Crippen molar-refractivity contribution in [2.75, 3.05) is 19.6 Å². The average molecular weight is 401 g/mol. The molecule has 1 aromatic heterocycles. The maximum atomic E-state index is 12.5. The number of halogens is 1. The first-order valence-corrected chi connectivity index (χ1v) is 10.3. The van der Waals surface area contributed by atoms with Crippen molar-refractivity contribution in [3.63, 3.8) is 0 Å². The maximum absolute atomic E-state index is 12.5. The summed E-state index contributed by atoms with van der Waals surface area (Å²) in [7, 11) is -3.55. The van der Waals surface area contributed by atoms with E-state index in [1.807, 2.05) is 0 Å². The first-order valence-electron chi connectivity index (χ1n) is 7.96. The summed E-state index contributed by atoms with van der Waals surface area (Å²) in [6.07, 6.45) is 2.09. The van der Waals surface area contributed by atoms with Crippen molar-refractivity contribution in [1.29, 1.82) is 0 Å². The molecule has 8 heteroatoms. The van der Waals surface area contributed by atoms with Crippen molar-refractivity contribution in [3.8, 4) is 0 Å². The highest BCUT2D eigenvalue weighted by molar-refractivity contribution is 7.93. The molecule has 0 radical (unpaired) electrons. The third kappa shape index (κ3) is 4.82. The van der Waals surface area contributed by atoms with Crippen LogP contribution >= 0.6 is 23.7 Å². The van der Waals surface area contributed by atoms with Crippen molar-refractivity contribution >= 4 is 39.5 Å². The number of sulfone groups is 1. The maximum Gasteiger partial charge on any atom is 0.261 e. The van der Waals surface area contributed by atoms with E-state index in [0.717, 1.165) is 37.3 Å². The van der Waals surface area contributed by atoms with Gasteiger partial charge in [0.25, 0.3) is 5.91 Å². The lowest BCUT2D eigenvalue weighted by Gasteiger charge is -2.08. The van der Waals surface area contributed by atoms with Gasteiger partial charge in [0.2, 0.25) is 9.84 Å². The highest BCUT2D eigenvalue weighted by atomic mass is 35.5. The summed E-state index contributed by atoms with van der Waals surface area (Å²) in [6.45, 7) is 2.67. The van der Waals surface area contributed by atoms with Crippen LogP contribution in [0.25, 0.3) is 0 Å². The van der Waals surface area contributed by atoms with Gasteiger partial charge in [-0.2, -0.15) is 0 Å². The van der Waals surface area contributed by atoms with E-state index in [2.05, 4.69) is 10.6 Å². The molecule has 1 aliphatic rings. The fourth-order valence-electron chi connectivity index (χ4n) is 2.74. The zero-order valence-electron chi connectivity index (χ0n) is 13.6. The van der Waals surface area contributed by atoms with Crippen LogP contribution in [-0.2, 0) is 9.84 Å².